The summed E-state index contributed by atoms with van der Waals surface area (Å²) in [5.74, 6) is -1.07. The SMILES string of the molecule is Cc1ccc2c(c1)C(=O)N(C1CC(Cl)(C(=O)Nc3nc(Cl)c(C(C)(C)C)s3)C1)C2=O. The second-order valence-corrected chi connectivity index (χ2v) is 11.0. The molecule has 1 aromatic carbocycles. The maximum Gasteiger partial charge on any atom is 0.261 e. The highest BCUT2D eigenvalue weighted by atomic mass is 35.5. The van der Waals surface area contributed by atoms with E-state index in [1.54, 1.807) is 18.2 Å². The summed E-state index contributed by atoms with van der Waals surface area (Å²) in [5, 5.41) is 3.48. The number of halogens is 2. The lowest BCUT2D eigenvalue weighted by Gasteiger charge is -2.44. The number of alkyl halides is 1. The number of hydrogen-bond donors (Lipinski definition) is 1. The molecule has 3 amide bonds. The molecule has 1 fully saturated rings. The van der Waals surface area contributed by atoms with Crippen LogP contribution in [0.25, 0.3) is 0 Å². The minimum atomic E-state index is -1.20. The number of fused-ring (bicyclic) bond motifs is 1. The minimum absolute atomic E-state index is 0.191. The number of aromatic nitrogens is 1. The van der Waals surface area contributed by atoms with Crippen LogP contribution in [0, 0.1) is 6.92 Å². The Bertz CT molecular complexity index is 1080. The maximum atomic E-state index is 12.8. The van der Waals surface area contributed by atoms with Gasteiger partial charge >= 0.3 is 0 Å². The first-order valence-corrected chi connectivity index (χ1v) is 11.1. The first-order chi connectivity index (χ1) is 13.9. The van der Waals surface area contributed by atoms with Crippen LogP contribution >= 0.6 is 34.5 Å². The highest BCUT2D eigenvalue weighted by Gasteiger charge is 2.55. The molecule has 6 nitrogen and oxygen atoms in total. The fourth-order valence-corrected chi connectivity index (χ4v) is 5.63. The number of carbonyl (C=O) groups excluding carboxylic acids is 3. The zero-order chi connectivity index (χ0) is 22.0. The fourth-order valence-electron chi connectivity index (χ4n) is 3.79. The number of aryl methyl sites for hydroxylation is 1. The Hall–Kier alpha value is -1.96. The van der Waals surface area contributed by atoms with Crippen LogP contribution < -0.4 is 5.32 Å². The molecule has 0 saturated heterocycles. The average molecular weight is 466 g/mol. The summed E-state index contributed by atoms with van der Waals surface area (Å²) >= 11 is 14.1. The Labute approximate surface area is 188 Å². The van der Waals surface area contributed by atoms with Gasteiger partial charge in [0.15, 0.2) is 5.13 Å². The number of anilines is 1. The molecule has 2 aliphatic rings. The van der Waals surface area contributed by atoms with E-state index in [0.717, 1.165) is 10.4 Å². The molecule has 0 spiro atoms. The zero-order valence-corrected chi connectivity index (χ0v) is 19.3. The van der Waals surface area contributed by atoms with Crippen molar-refractivity contribution >= 4 is 57.4 Å². The normalized spacial score (nSPS) is 23.4. The topological polar surface area (TPSA) is 79.4 Å². The number of nitrogens with one attached hydrogen (secondary N) is 1. The molecule has 30 heavy (non-hydrogen) atoms. The van der Waals surface area contributed by atoms with Crippen molar-refractivity contribution in [1.29, 1.82) is 0 Å². The molecule has 1 aromatic heterocycles. The smallest absolute Gasteiger partial charge is 0.261 e. The fraction of sp³-hybridized carbons (Fsp3) is 0.429. The van der Waals surface area contributed by atoms with Crippen molar-refractivity contribution in [2.75, 3.05) is 5.32 Å². The highest BCUT2D eigenvalue weighted by molar-refractivity contribution is 7.16. The van der Waals surface area contributed by atoms with Gasteiger partial charge in [-0.15, -0.1) is 11.6 Å². The highest BCUT2D eigenvalue weighted by Crippen LogP contribution is 2.45. The quantitative estimate of drug-likeness (QED) is 0.522. The molecule has 1 aliphatic heterocycles. The summed E-state index contributed by atoms with van der Waals surface area (Å²) in [5.41, 5.74) is 1.52. The summed E-state index contributed by atoms with van der Waals surface area (Å²) in [6.45, 7) is 7.91. The summed E-state index contributed by atoms with van der Waals surface area (Å²) in [4.78, 5) is 43.3. The van der Waals surface area contributed by atoms with E-state index < -0.39 is 16.8 Å². The van der Waals surface area contributed by atoms with E-state index >= 15 is 0 Å². The Kier molecular flexibility index (Phi) is 4.99. The molecule has 1 saturated carbocycles. The minimum Gasteiger partial charge on any atom is -0.300 e. The number of carbonyl (C=O) groups is 3. The molecule has 0 atom stereocenters. The van der Waals surface area contributed by atoms with Crippen LogP contribution in [0.4, 0.5) is 5.13 Å². The Morgan fingerprint density at radius 1 is 1.23 bits per heavy atom. The lowest BCUT2D eigenvalue weighted by atomic mass is 9.77. The number of hydrogen-bond acceptors (Lipinski definition) is 5. The van der Waals surface area contributed by atoms with Crippen LogP contribution in [-0.2, 0) is 10.2 Å². The van der Waals surface area contributed by atoms with Crippen molar-refractivity contribution in [2.24, 2.45) is 0 Å². The van der Waals surface area contributed by atoms with Crippen molar-refractivity contribution in [3.63, 3.8) is 0 Å². The predicted molar refractivity (Wildman–Crippen MR) is 118 cm³/mol. The van der Waals surface area contributed by atoms with Gasteiger partial charge in [0.25, 0.3) is 11.8 Å². The van der Waals surface area contributed by atoms with Gasteiger partial charge in [-0.2, -0.15) is 0 Å². The van der Waals surface area contributed by atoms with Gasteiger partial charge in [0, 0.05) is 6.04 Å². The van der Waals surface area contributed by atoms with E-state index in [-0.39, 0.29) is 30.1 Å². The van der Waals surface area contributed by atoms with Crippen LogP contribution in [0.1, 0.15) is 64.8 Å². The van der Waals surface area contributed by atoms with Gasteiger partial charge in [-0.05, 0) is 37.3 Å². The Balaban J connectivity index is 1.45. The maximum absolute atomic E-state index is 12.8. The third kappa shape index (κ3) is 3.43. The van der Waals surface area contributed by atoms with E-state index in [2.05, 4.69) is 10.3 Å². The van der Waals surface area contributed by atoms with Crippen molar-refractivity contribution in [3.05, 3.63) is 44.9 Å². The number of rotatable bonds is 3. The van der Waals surface area contributed by atoms with Crippen LogP contribution in [0.2, 0.25) is 5.15 Å². The molecule has 158 valence electrons. The molecule has 2 heterocycles. The molecule has 0 unspecified atom stereocenters. The number of imide groups is 1. The average Bonchev–Trinajstić information content (AvgIpc) is 3.10. The molecule has 0 bridgehead atoms. The standard InChI is InChI=1S/C21H21Cl2N3O3S/c1-10-5-6-12-13(7-10)17(28)26(16(12)27)11-8-21(23,9-11)18(29)25-19-24-15(22)14(30-19)20(2,3)4/h5-7,11H,8-9H2,1-4H3,(H,24,25,29). The van der Waals surface area contributed by atoms with Crippen molar-refractivity contribution in [2.45, 2.75) is 56.9 Å². The van der Waals surface area contributed by atoms with E-state index in [4.69, 9.17) is 23.2 Å². The Morgan fingerprint density at radius 2 is 1.87 bits per heavy atom. The number of amides is 3. The van der Waals surface area contributed by atoms with Gasteiger partial charge in [0.2, 0.25) is 5.91 Å². The first-order valence-electron chi connectivity index (χ1n) is 9.56. The summed E-state index contributed by atoms with van der Waals surface area (Å²) in [6, 6.07) is 4.78. The van der Waals surface area contributed by atoms with Gasteiger partial charge in [-0.25, -0.2) is 4.98 Å². The second kappa shape index (κ2) is 7.04. The molecule has 2 aromatic rings. The lowest BCUT2D eigenvalue weighted by molar-refractivity contribution is -0.122. The van der Waals surface area contributed by atoms with Gasteiger partial charge in [-0.3, -0.25) is 19.3 Å². The van der Waals surface area contributed by atoms with E-state index in [0.29, 0.717) is 21.4 Å². The largest absolute Gasteiger partial charge is 0.300 e. The van der Waals surface area contributed by atoms with E-state index in [1.165, 1.54) is 16.2 Å². The summed E-state index contributed by atoms with van der Waals surface area (Å²) < 4.78 is 0. The number of nitrogens with zero attached hydrogens (tertiary/aromatic N) is 2. The summed E-state index contributed by atoms with van der Waals surface area (Å²) in [7, 11) is 0. The summed E-state index contributed by atoms with van der Waals surface area (Å²) in [6.07, 6.45) is 0.381. The van der Waals surface area contributed by atoms with Crippen LogP contribution in [0.5, 0.6) is 0 Å². The van der Waals surface area contributed by atoms with Gasteiger partial charge < -0.3 is 5.32 Å². The third-order valence-corrected chi connectivity index (χ3v) is 7.71. The van der Waals surface area contributed by atoms with Gasteiger partial charge in [0.05, 0.1) is 16.0 Å². The first kappa shape index (κ1) is 21.3. The third-order valence-electron chi connectivity index (χ3n) is 5.45. The number of benzene rings is 1. The van der Waals surface area contributed by atoms with Crippen molar-refractivity contribution in [1.82, 2.24) is 9.88 Å². The van der Waals surface area contributed by atoms with Gasteiger partial charge in [0.1, 0.15) is 10.0 Å². The van der Waals surface area contributed by atoms with E-state index in [9.17, 15) is 14.4 Å². The molecule has 1 aliphatic carbocycles. The lowest BCUT2D eigenvalue weighted by Crippen LogP contribution is -2.58. The zero-order valence-electron chi connectivity index (χ0n) is 17.0. The molecular formula is C21H21Cl2N3O3S. The molecule has 4 rings (SSSR count). The van der Waals surface area contributed by atoms with Gasteiger partial charge in [-0.1, -0.05) is 55.3 Å². The molecule has 0 radical (unpaired) electrons. The predicted octanol–water partition coefficient (Wildman–Crippen LogP) is 4.78. The van der Waals surface area contributed by atoms with Crippen LogP contribution in [0.3, 0.4) is 0 Å². The molecular weight excluding hydrogens is 445 g/mol. The van der Waals surface area contributed by atoms with Crippen LogP contribution in [0.15, 0.2) is 18.2 Å². The molecule has 1 N–H and O–H groups in total. The van der Waals surface area contributed by atoms with Crippen molar-refractivity contribution in [3.8, 4) is 0 Å². The monoisotopic (exact) mass is 465 g/mol. The van der Waals surface area contributed by atoms with Crippen LogP contribution in [-0.4, -0.2) is 38.5 Å². The van der Waals surface area contributed by atoms with E-state index in [1.807, 2.05) is 27.7 Å². The molecule has 9 heteroatoms. The Morgan fingerprint density at radius 3 is 2.47 bits per heavy atom. The number of thiazole rings is 1. The second-order valence-electron chi connectivity index (χ2n) is 8.90. The van der Waals surface area contributed by atoms with Crippen molar-refractivity contribution < 1.29 is 14.4 Å².